The van der Waals surface area contributed by atoms with Gasteiger partial charge in [-0.05, 0) is 90.1 Å². The summed E-state index contributed by atoms with van der Waals surface area (Å²) in [6.45, 7) is 16.2. The van der Waals surface area contributed by atoms with Crippen molar-refractivity contribution in [1.29, 1.82) is 0 Å². The van der Waals surface area contributed by atoms with Crippen molar-refractivity contribution in [2.45, 2.75) is 233 Å². The van der Waals surface area contributed by atoms with E-state index in [4.69, 9.17) is 15.2 Å². The Morgan fingerprint density at radius 2 is 0.786 bits per heavy atom. The Labute approximate surface area is 431 Å². The number of amides is 4. The molecule has 0 saturated heterocycles. The minimum Gasteiger partial charge on any atom is -0.377 e. The van der Waals surface area contributed by atoms with Crippen LogP contribution in [0.25, 0.3) is 0 Å². The molecule has 0 heterocycles. The van der Waals surface area contributed by atoms with Crippen LogP contribution >= 0.6 is 0 Å². The highest BCUT2D eigenvalue weighted by atomic mass is 16.5. The van der Waals surface area contributed by atoms with Gasteiger partial charge in [0.2, 0.25) is 23.6 Å². The normalized spacial score (nSPS) is 12.7. The molecule has 0 fully saturated rings. The second kappa shape index (κ2) is 48.5. The van der Waals surface area contributed by atoms with E-state index in [0.29, 0.717) is 78.5 Å². The number of allylic oxidation sites excluding steroid dienone is 4. The molecule has 0 aromatic carbocycles. The van der Waals surface area contributed by atoms with E-state index in [0.717, 1.165) is 51.4 Å². The average Bonchev–Trinajstić information content (AvgIpc) is 3.32. The second-order valence-electron chi connectivity index (χ2n) is 20.6. The number of unbranched alkanes of at least 4 members (excludes halogenated alkanes) is 22. The van der Waals surface area contributed by atoms with Crippen LogP contribution in [0, 0.1) is 11.8 Å². The zero-order valence-electron chi connectivity index (χ0n) is 46.9. The number of hydrogen-bond donors (Lipinski definition) is 3. The van der Waals surface area contributed by atoms with Gasteiger partial charge in [0.05, 0.1) is 26.4 Å². The van der Waals surface area contributed by atoms with Crippen LogP contribution in [0.1, 0.15) is 221 Å². The summed E-state index contributed by atoms with van der Waals surface area (Å²) in [6.07, 6.45) is 41.6. The fourth-order valence-electron chi connectivity index (χ4n) is 8.90. The summed E-state index contributed by atoms with van der Waals surface area (Å²) in [6, 6.07) is -1.15. The van der Waals surface area contributed by atoms with E-state index in [9.17, 15) is 19.2 Å². The smallest absolute Gasteiger partial charge is 0.243 e. The molecule has 0 radical (unpaired) electrons. The van der Waals surface area contributed by atoms with Crippen molar-refractivity contribution >= 4 is 23.6 Å². The Kier molecular flexibility index (Phi) is 46.5. The van der Waals surface area contributed by atoms with E-state index in [2.05, 4.69) is 48.8 Å². The summed E-state index contributed by atoms with van der Waals surface area (Å²) in [5.41, 5.74) is 5.92. The van der Waals surface area contributed by atoms with Crippen LogP contribution in [0.2, 0.25) is 0 Å². The predicted octanol–water partition coefficient (Wildman–Crippen LogP) is 11.6. The van der Waals surface area contributed by atoms with E-state index < -0.39 is 12.1 Å². The number of rotatable bonds is 50. The first-order valence-electron chi connectivity index (χ1n) is 28.9. The third kappa shape index (κ3) is 37.9. The zero-order valence-corrected chi connectivity index (χ0v) is 46.9. The van der Waals surface area contributed by atoms with Crippen LogP contribution < -0.4 is 16.4 Å². The van der Waals surface area contributed by atoms with Gasteiger partial charge in [-0.3, -0.25) is 19.2 Å². The number of likely N-dealkylation sites (N-methyl/N-ethyl adjacent to an activating group) is 1. The number of nitrogens with zero attached hydrogens (tertiary/aromatic N) is 3. The van der Waals surface area contributed by atoms with Crippen LogP contribution in [0.15, 0.2) is 24.3 Å². The molecule has 70 heavy (non-hydrogen) atoms. The number of nitrogens with one attached hydrogen (secondary N) is 2. The quantitative estimate of drug-likeness (QED) is 0.0403. The zero-order chi connectivity index (χ0) is 51.9. The van der Waals surface area contributed by atoms with Gasteiger partial charge in [0, 0.05) is 52.1 Å². The van der Waals surface area contributed by atoms with Crippen LogP contribution in [0.3, 0.4) is 0 Å². The lowest BCUT2D eigenvalue weighted by Gasteiger charge is -2.34. The first kappa shape index (κ1) is 67.2. The molecule has 0 aliphatic heterocycles. The molecule has 0 aromatic heterocycles. The Balaban J connectivity index is 4.53. The molecule has 12 nitrogen and oxygen atoms in total. The number of nitrogens with two attached hydrogens (primary N) is 1. The van der Waals surface area contributed by atoms with Crippen molar-refractivity contribution in [3.05, 3.63) is 24.3 Å². The lowest BCUT2D eigenvalue weighted by atomic mass is 10.00. The lowest BCUT2D eigenvalue weighted by molar-refractivity contribution is -0.142. The van der Waals surface area contributed by atoms with Crippen molar-refractivity contribution in [1.82, 2.24) is 25.3 Å². The maximum absolute atomic E-state index is 13.6. The van der Waals surface area contributed by atoms with E-state index in [-0.39, 0.29) is 35.5 Å². The molecule has 0 bridgehead atoms. The van der Waals surface area contributed by atoms with Crippen molar-refractivity contribution < 1.29 is 28.7 Å². The summed E-state index contributed by atoms with van der Waals surface area (Å²) < 4.78 is 11.5. The van der Waals surface area contributed by atoms with Gasteiger partial charge in [0.25, 0.3) is 0 Å². The third-order valence-corrected chi connectivity index (χ3v) is 13.0. The number of hydrogen-bond acceptors (Lipinski definition) is 8. The molecular weight excluding hydrogens is 877 g/mol. The Hall–Kier alpha value is -2.80. The summed E-state index contributed by atoms with van der Waals surface area (Å²) in [4.78, 5) is 59.4. The van der Waals surface area contributed by atoms with Crippen LogP contribution in [-0.2, 0) is 28.7 Å². The average molecular weight is 990 g/mol. The molecule has 4 N–H and O–H groups in total. The molecule has 0 spiro atoms. The van der Waals surface area contributed by atoms with E-state index in [1.54, 1.807) is 9.80 Å². The van der Waals surface area contributed by atoms with Gasteiger partial charge in [-0.15, -0.1) is 0 Å². The van der Waals surface area contributed by atoms with E-state index in [1.165, 1.54) is 116 Å². The summed E-state index contributed by atoms with van der Waals surface area (Å²) in [5.74, 6) is -0.433. The fraction of sp³-hybridized carbons (Fsp3) is 0.862. The SMILES string of the molecule is CCCCCCCC/C=C\CCCCCCCC(=O)N(CCN)C(C(=O)NCCOCCOCCNC(=O)C(C(C)C)N(CCN(C)C)C(=O)CCCCCCC/C=C\CCCCCCCC)C(C)C. The Bertz CT molecular complexity index is 1310. The number of carbonyl (C=O) groups excluding carboxylic acids is 4. The maximum atomic E-state index is 13.6. The van der Waals surface area contributed by atoms with E-state index >= 15 is 0 Å². The van der Waals surface area contributed by atoms with Gasteiger partial charge in [-0.1, -0.05) is 169 Å². The highest BCUT2D eigenvalue weighted by molar-refractivity contribution is 5.88. The first-order valence-corrected chi connectivity index (χ1v) is 28.9. The molecule has 0 aliphatic rings. The molecule has 0 saturated carbocycles. The Morgan fingerprint density at radius 3 is 1.11 bits per heavy atom. The first-order chi connectivity index (χ1) is 33.9. The lowest BCUT2D eigenvalue weighted by Crippen LogP contribution is -2.54. The summed E-state index contributed by atoms with van der Waals surface area (Å²) >= 11 is 0. The third-order valence-electron chi connectivity index (χ3n) is 13.0. The minimum atomic E-state index is -0.594. The maximum Gasteiger partial charge on any atom is 0.243 e. The second-order valence-corrected chi connectivity index (χ2v) is 20.6. The molecule has 4 amide bonds. The molecule has 0 aliphatic carbocycles. The topological polar surface area (TPSA) is 147 Å². The van der Waals surface area contributed by atoms with Gasteiger partial charge in [0.15, 0.2) is 0 Å². The van der Waals surface area contributed by atoms with Gasteiger partial charge < -0.3 is 40.5 Å². The number of ether oxygens (including phenoxy) is 2. The van der Waals surface area contributed by atoms with Crippen molar-refractivity contribution in [2.24, 2.45) is 17.6 Å². The highest BCUT2D eigenvalue weighted by Gasteiger charge is 2.33. The van der Waals surface area contributed by atoms with Crippen molar-refractivity contribution in [3.63, 3.8) is 0 Å². The van der Waals surface area contributed by atoms with Crippen molar-refractivity contribution in [2.75, 3.05) is 79.8 Å². The fourth-order valence-corrected chi connectivity index (χ4v) is 8.90. The summed E-state index contributed by atoms with van der Waals surface area (Å²) in [7, 11) is 3.97. The molecule has 410 valence electrons. The monoisotopic (exact) mass is 989 g/mol. The summed E-state index contributed by atoms with van der Waals surface area (Å²) in [5, 5.41) is 5.97. The predicted molar refractivity (Wildman–Crippen MR) is 295 cm³/mol. The van der Waals surface area contributed by atoms with Gasteiger partial charge in [-0.25, -0.2) is 0 Å². The minimum absolute atomic E-state index is 0.0135. The van der Waals surface area contributed by atoms with Gasteiger partial charge in [-0.2, -0.15) is 0 Å². The molecular formula is C58H112N6O6. The largest absolute Gasteiger partial charge is 0.377 e. The molecule has 12 heteroatoms. The molecule has 2 unspecified atom stereocenters. The van der Waals surface area contributed by atoms with Crippen molar-refractivity contribution in [3.8, 4) is 0 Å². The standard InChI is InChI=1S/C58H112N6O6/c1-9-11-13-15-17-19-21-23-25-27-29-31-33-35-37-39-53(65)63(44-41-59)55(51(3)4)57(67)60-42-47-69-49-50-70-48-43-61-58(68)56(52(5)6)64(46-45-62(7)8)54(66)40-38-36-34-32-30-28-26-24-22-20-18-16-14-12-10-2/h23-26,51-52,55-56H,9-22,27-50,59H2,1-8H3,(H,60,67)(H,61,68)/b25-23-,26-24-. The highest BCUT2D eigenvalue weighted by Crippen LogP contribution is 2.18. The van der Waals surface area contributed by atoms with Crippen LogP contribution in [0.4, 0.5) is 0 Å². The molecule has 0 rings (SSSR count). The van der Waals surface area contributed by atoms with Crippen LogP contribution in [0.5, 0.6) is 0 Å². The van der Waals surface area contributed by atoms with Gasteiger partial charge in [0.1, 0.15) is 12.1 Å². The van der Waals surface area contributed by atoms with Gasteiger partial charge >= 0.3 is 0 Å². The van der Waals surface area contributed by atoms with E-state index in [1.807, 2.05) is 46.7 Å². The number of carbonyl (C=O) groups is 4. The molecule has 2 atom stereocenters. The molecule has 0 aromatic rings. The Morgan fingerprint density at radius 1 is 0.457 bits per heavy atom. The van der Waals surface area contributed by atoms with Crippen LogP contribution in [-0.4, -0.2) is 130 Å².